The third-order valence-corrected chi connectivity index (χ3v) is 11.1. The van der Waals surface area contributed by atoms with Crippen LogP contribution in [0.5, 0.6) is 34.5 Å². The number of fused-ring (bicyclic) bond motifs is 2. The van der Waals surface area contributed by atoms with Crippen molar-refractivity contribution < 1.29 is 39.4 Å². The summed E-state index contributed by atoms with van der Waals surface area (Å²) in [7, 11) is 0. The van der Waals surface area contributed by atoms with Gasteiger partial charge in [0.1, 0.15) is 34.5 Å². The lowest BCUT2D eigenvalue weighted by atomic mass is 9.77. The van der Waals surface area contributed by atoms with Gasteiger partial charge < -0.3 is 39.4 Å². The van der Waals surface area contributed by atoms with Crippen LogP contribution in [-0.2, 0) is 6.42 Å². The minimum absolute atomic E-state index is 0.108. The predicted molar refractivity (Wildman–Crippen MR) is 189 cm³/mol. The molecule has 2 fully saturated rings. The first kappa shape index (κ1) is 32.8. The van der Waals surface area contributed by atoms with E-state index in [0.29, 0.717) is 34.8 Å². The molecular formula is C42H46O8. The average molecular weight is 679 g/mol. The smallest absolute Gasteiger partial charge is 0.128 e. The van der Waals surface area contributed by atoms with Crippen LogP contribution in [0.3, 0.4) is 0 Å². The van der Waals surface area contributed by atoms with Gasteiger partial charge >= 0.3 is 0 Å². The number of aliphatic hydroxyl groups excluding tert-OH is 2. The Labute approximate surface area is 293 Å². The van der Waals surface area contributed by atoms with Gasteiger partial charge in [-0.1, -0.05) is 24.6 Å². The highest BCUT2D eigenvalue weighted by molar-refractivity contribution is 5.70. The molecule has 4 aromatic carbocycles. The summed E-state index contributed by atoms with van der Waals surface area (Å²) in [5, 5.41) is 44.6. The molecule has 0 spiro atoms. The fourth-order valence-corrected chi connectivity index (χ4v) is 8.43. The summed E-state index contributed by atoms with van der Waals surface area (Å²) in [5.74, 6) is 2.08. The number of aromatic hydroxyl groups is 2. The lowest BCUT2D eigenvalue weighted by Crippen LogP contribution is -2.40. The Hall–Kier alpha value is -4.40. The Morgan fingerprint density at radius 1 is 0.600 bits per heavy atom. The highest BCUT2D eigenvalue weighted by Gasteiger charge is 2.43. The van der Waals surface area contributed by atoms with Crippen molar-refractivity contribution in [3.05, 3.63) is 95.1 Å². The SMILES string of the molecule is Oc1cccc(-c2ccc(O)cc2Cc2cc(OC3CCCC3)cc3c2OC[C@H]([C@H]2COc4ccc(OC5CCCCC5)cc4[C@@H]2O)[C@@H]3O)c1. The summed E-state index contributed by atoms with van der Waals surface area (Å²) in [6.45, 7) is 0.446. The van der Waals surface area contributed by atoms with Crippen molar-refractivity contribution in [1.82, 2.24) is 0 Å². The Morgan fingerprint density at radius 3 is 2.02 bits per heavy atom. The molecule has 2 heterocycles. The molecule has 4 aromatic rings. The number of ether oxygens (including phenoxy) is 4. The van der Waals surface area contributed by atoms with E-state index in [0.717, 1.165) is 66.5 Å². The Balaban J connectivity index is 1.10. The van der Waals surface area contributed by atoms with Crippen LogP contribution in [0.2, 0.25) is 0 Å². The number of rotatable bonds is 8. The second-order valence-corrected chi connectivity index (χ2v) is 14.5. The average Bonchev–Trinajstić information content (AvgIpc) is 3.63. The minimum Gasteiger partial charge on any atom is -0.508 e. The summed E-state index contributed by atoms with van der Waals surface area (Å²) < 4.78 is 25.5. The maximum absolute atomic E-state index is 12.1. The molecule has 0 aromatic heterocycles. The van der Waals surface area contributed by atoms with E-state index in [1.165, 1.54) is 19.3 Å². The molecule has 2 aliphatic heterocycles. The molecule has 2 saturated carbocycles. The third-order valence-electron chi connectivity index (χ3n) is 11.1. The fourth-order valence-electron chi connectivity index (χ4n) is 8.43. The quantitative estimate of drug-likeness (QED) is 0.147. The third kappa shape index (κ3) is 6.71. The Bertz CT molecular complexity index is 1820. The first-order chi connectivity index (χ1) is 24.4. The zero-order valence-electron chi connectivity index (χ0n) is 28.3. The second-order valence-electron chi connectivity index (χ2n) is 14.5. The van der Waals surface area contributed by atoms with E-state index in [4.69, 9.17) is 18.9 Å². The van der Waals surface area contributed by atoms with Gasteiger partial charge in [0, 0.05) is 34.9 Å². The van der Waals surface area contributed by atoms with Crippen LogP contribution < -0.4 is 18.9 Å². The van der Waals surface area contributed by atoms with Crippen LogP contribution >= 0.6 is 0 Å². The maximum Gasteiger partial charge on any atom is 0.128 e. The molecule has 0 unspecified atom stereocenters. The number of phenolic OH excluding ortho intramolecular Hbond substituents is 2. The zero-order valence-corrected chi connectivity index (χ0v) is 28.3. The number of benzene rings is 4. The molecule has 0 radical (unpaired) electrons. The van der Waals surface area contributed by atoms with Gasteiger partial charge in [-0.05, 0) is 123 Å². The summed E-state index contributed by atoms with van der Waals surface area (Å²) in [4.78, 5) is 0. The molecular weight excluding hydrogens is 632 g/mol. The van der Waals surface area contributed by atoms with Gasteiger partial charge in [0.25, 0.3) is 0 Å². The largest absolute Gasteiger partial charge is 0.508 e. The molecule has 4 N–H and O–H groups in total. The molecule has 4 atom stereocenters. The topological polar surface area (TPSA) is 118 Å². The van der Waals surface area contributed by atoms with Crippen molar-refractivity contribution in [2.24, 2.45) is 11.8 Å². The van der Waals surface area contributed by atoms with Crippen LogP contribution in [0, 0.1) is 11.8 Å². The van der Waals surface area contributed by atoms with Crippen molar-refractivity contribution >= 4 is 0 Å². The second kappa shape index (κ2) is 14.1. The monoisotopic (exact) mass is 678 g/mol. The highest BCUT2D eigenvalue weighted by Crippen LogP contribution is 2.49. The summed E-state index contributed by atoms with van der Waals surface area (Å²) in [6.07, 6.45) is 8.79. The van der Waals surface area contributed by atoms with Crippen molar-refractivity contribution in [3.63, 3.8) is 0 Å². The molecule has 50 heavy (non-hydrogen) atoms. The number of aliphatic hydroxyl groups is 2. The van der Waals surface area contributed by atoms with Gasteiger partial charge in [-0.2, -0.15) is 0 Å². The summed E-state index contributed by atoms with van der Waals surface area (Å²) in [5.41, 5.74) is 4.67. The normalized spacial score (nSPS) is 23.7. The van der Waals surface area contributed by atoms with Gasteiger partial charge in [-0.3, -0.25) is 0 Å². The van der Waals surface area contributed by atoms with E-state index >= 15 is 0 Å². The van der Waals surface area contributed by atoms with Crippen LogP contribution in [0.15, 0.2) is 72.8 Å². The Kier molecular flexibility index (Phi) is 9.23. The lowest BCUT2D eigenvalue weighted by Gasteiger charge is -2.40. The van der Waals surface area contributed by atoms with Crippen molar-refractivity contribution in [2.75, 3.05) is 13.2 Å². The molecule has 8 heteroatoms. The number of hydrogen-bond donors (Lipinski definition) is 4. The van der Waals surface area contributed by atoms with Gasteiger partial charge in [-0.15, -0.1) is 0 Å². The van der Waals surface area contributed by atoms with Crippen molar-refractivity contribution in [3.8, 4) is 45.6 Å². The molecule has 8 rings (SSSR count). The van der Waals surface area contributed by atoms with Crippen LogP contribution in [0.25, 0.3) is 11.1 Å². The van der Waals surface area contributed by atoms with E-state index < -0.39 is 24.0 Å². The first-order valence-electron chi connectivity index (χ1n) is 18.3. The molecule has 2 aliphatic carbocycles. The van der Waals surface area contributed by atoms with E-state index in [-0.39, 0.29) is 36.9 Å². The van der Waals surface area contributed by atoms with Crippen LogP contribution in [0.4, 0.5) is 0 Å². The van der Waals surface area contributed by atoms with Crippen molar-refractivity contribution in [2.45, 2.75) is 88.6 Å². The van der Waals surface area contributed by atoms with Crippen LogP contribution in [0.1, 0.15) is 92.2 Å². The van der Waals surface area contributed by atoms with Gasteiger partial charge in [0.2, 0.25) is 0 Å². The molecule has 0 saturated heterocycles. The molecule has 4 aliphatic rings. The summed E-state index contributed by atoms with van der Waals surface area (Å²) >= 11 is 0. The first-order valence-corrected chi connectivity index (χ1v) is 18.3. The van der Waals surface area contributed by atoms with Crippen molar-refractivity contribution in [1.29, 1.82) is 0 Å². The molecule has 262 valence electrons. The van der Waals surface area contributed by atoms with E-state index in [2.05, 4.69) is 0 Å². The minimum atomic E-state index is -0.939. The van der Waals surface area contributed by atoms with Gasteiger partial charge in [0.15, 0.2) is 0 Å². The van der Waals surface area contributed by atoms with E-state index in [9.17, 15) is 20.4 Å². The zero-order chi connectivity index (χ0) is 34.2. The van der Waals surface area contributed by atoms with Gasteiger partial charge in [-0.25, -0.2) is 0 Å². The fraction of sp³-hybridized carbons (Fsp3) is 0.429. The number of phenols is 2. The molecule has 0 bridgehead atoms. The molecule has 0 amide bonds. The number of hydrogen-bond acceptors (Lipinski definition) is 8. The predicted octanol–water partition coefficient (Wildman–Crippen LogP) is 8.17. The van der Waals surface area contributed by atoms with E-state index in [1.54, 1.807) is 30.3 Å². The maximum atomic E-state index is 12.1. The molecule has 8 nitrogen and oxygen atoms in total. The summed E-state index contributed by atoms with van der Waals surface area (Å²) in [6, 6.07) is 21.9. The highest BCUT2D eigenvalue weighted by atomic mass is 16.5. The van der Waals surface area contributed by atoms with Gasteiger partial charge in [0.05, 0.1) is 37.6 Å². The van der Waals surface area contributed by atoms with E-state index in [1.807, 2.05) is 42.5 Å². The lowest BCUT2D eigenvalue weighted by molar-refractivity contribution is -0.0555. The Morgan fingerprint density at radius 2 is 1.26 bits per heavy atom. The standard InChI is InChI=1S/C42H46O8/c43-28-8-6-7-25(18-28)34-15-13-29(44)19-26(34)17-27-20-33(50-31-11-4-5-12-31)22-36-41(46)38(24-48-42(27)36)37-23-47-39-16-14-32(21-35(39)40(37)45)49-30-9-2-1-3-10-30/h6-8,13-16,18-22,30-31,37-38,40-41,43-46H,1-5,9-12,17,23-24H2/t37-,38-,40+,41-/m1/s1. The van der Waals surface area contributed by atoms with Crippen LogP contribution in [-0.4, -0.2) is 45.8 Å².